The molecule has 0 fully saturated rings. The number of aromatic nitrogens is 2. The number of hydrogen-bond donors (Lipinski definition) is 3. The highest BCUT2D eigenvalue weighted by Gasteiger charge is 2.20. The number of nitrogens with zero attached hydrogens (tertiary/aromatic N) is 2. The summed E-state index contributed by atoms with van der Waals surface area (Å²) in [5.41, 5.74) is 6.61. The molecule has 0 unspecified atom stereocenters. The van der Waals surface area contributed by atoms with Gasteiger partial charge in [0.05, 0.1) is 0 Å². The van der Waals surface area contributed by atoms with Crippen molar-refractivity contribution in [2.24, 2.45) is 0 Å². The third kappa shape index (κ3) is 3.56. The molecule has 5 nitrogen and oxygen atoms in total. The minimum absolute atomic E-state index is 0.130. The molecule has 1 heterocycles. The molecule has 0 radical (unpaired) electrons. The first-order chi connectivity index (χ1) is 7.86. The Balaban J connectivity index is 2.99. The summed E-state index contributed by atoms with van der Waals surface area (Å²) in [7, 11) is 0. The van der Waals surface area contributed by atoms with Crippen LogP contribution in [-0.2, 0) is 5.41 Å². The van der Waals surface area contributed by atoms with E-state index in [0.717, 1.165) is 17.2 Å². The molecule has 0 bridgehead atoms. The van der Waals surface area contributed by atoms with Gasteiger partial charge in [0.2, 0.25) is 0 Å². The third-order valence-electron chi connectivity index (χ3n) is 2.48. The standard InChI is InChI=1S/C12H22N4O/c1-8-9(13)15-11(12(2,3)4)16-10(8)14-6-5-7-17/h17H,5-7H2,1-4H3,(H3,13,14,15,16). The number of aliphatic hydroxyl groups is 1. The molecule has 0 amide bonds. The van der Waals surface area contributed by atoms with Crippen LogP contribution in [0.25, 0.3) is 0 Å². The van der Waals surface area contributed by atoms with Gasteiger partial charge in [-0.2, -0.15) is 0 Å². The molecule has 0 aliphatic heterocycles. The number of hydrogen-bond acceptors (Lipinski definition) is 5. The fraction of sp³-hybridized carbons (Fsp3) is 0.667. The van der Waals surface area contributed by atoms with Crippen molar-refractivity contribution in [1.29, 1.82) is 0 Å². The van der Waals surface area contributed by atoms with Gasteiger partial charge < -0.3 is 16.2 Å². The van der Waals surface area contributed by atoms with Gasteiger partial charge in [0.1, 0.15) is 17.5 Å². The highest BCUT2D eigenvalue weighted by atomic mass is 16.3. The summed E-state index contributed by atoms with van der Waals surface area (Å²) in [6, 6.07) is 0. The molecule has 0 aliphatic rings. The fourth-order valence-electron chi connectivity index (χ4n) is 1.33. The van der Waals surface area contributed by atoms with Gasteiger partial charge in [-0.15, -0.1) is 0 Å². The Hall–Kier alpha value is -1.36. The molecule has 0 aliphatic carbocycles. The summed E-state index contributed by atoms with van der Waals surface area (Å²) in [5, 5.41) is 11.9. The first-order valence-electron chi connectivity index (χ1n) is 5.85. The molecule has 1 rings (SSSR count). The smallest absolute Gasteiger partial charge is 0.138 e. The second kappa shape index (κ2) is 5.31. The van der Waals surface area contributed by atoms with Crippen molar-refractivity contribution in [2.75, 3.05) is 24.2 Å². The Bertz CT molecular complexity index is 385. The molecule has 0 saturated heterocycles. The molecular weight excluding hydrogens is 216 g/mol. The van der Waals surface area contributed by atoms with Crippen LogP contribution in [0.4, 0.5) is 11.6 Å². The number of nitrogens with one attached hydrogen (secondary N) is 1. The molecule has 5 heteroatoms. The zero-order valence-electron chi connectivity index (χ0n) is 11.0. The largest absolute Gasteiger partial charge is 0.396 e. The predicted molar refractivity (Wildman–Crippen MR) is 70.1 cm³/mol. The predicted octanol–water partition coefficient (Wildman–Crippen LogP) is 1.46. The lowest BCUT2D eigenvalue weighted by atomic mass is 9.95. The lowest BCUT2D eigenvalue weighted by Crippen LogP contribution is -2.19. The molecule has 0 saturated carbocycles. The van der Waals surface area contributed by atoms with Crippen molar-refractivity contribution in [2.45, 2.75) is 39.5 Å². The average molecular weight is 238 g/mol. The monoisotopic (exact) mass is 238 g/mol. The first-order valence-corrected chi connectivity index (χ1v) is 5.85. The van der Waals surface area contributed by atoms with Crippen LogP contribution in [0.3, 0.4) is 0 Å². The van der Waals surface area contributed by atoms with Crippen molar-refractivity contribution in [3.63, 3.8) is 0 Å². The fourth-order valence-corrected chi connectivity index (χ4v) is 1.33. The maximum absolute atomic E-state index is 8.75. The second-order valence-electron chi connectivity index (χ2n) is 5.16. The van der Waals surface area contributed by atoms with Crippen LogP contribution in [-0.4, -0.2) is 28.2 Å². The topological polar surface area (TPSA) is 84.1 Å². The van der Waals surface area contributed by atoms with E-state index >= 15 is 0 Å². The molecule has 0 atom stereocenters. The molecule has 0 spiro atoms. The van der Waals surface area contributed by atoms with Gasteiger partial charge in [-0.25, -0.2) is 9.97 Å². The Kier molecular flexibility index (Phi) is 4.28. The van der Waals surface area contributed by atoms with Crippen LogP contribution in [0.5, 0.6) is 0 Å². The summed E-state index contributed by atoms with van der Waals surface area (Å²) >= 11 is 0. The molecule has 0 aromatic carbocycles. The summed E-state index contributed by atoms with van der Waals surface area (Å²) in [6.45, 7) is 8.89. The van der Waals surface area contributed by atoms with Gasteiger partial charge in [0.15, 0.2) is 0 Å². The number of aliphatic hydroxyl groups excluding tert-OH is 1. The van der Waals surface area contributed by atoms with Gasteiger partial charge in [0.25, 0.3) is 0 Å². The van der Waals surface area contributed by atoms with Gasteiger partial charge in [-0.05, 0) is 13.3 Å². The van der Waals surface area contributed by atoms with Gasteiger partial charge >= 0.3 is 0 Å². The van der Waals surface area contributed by atoms with E-state index in [0.29, 0.717) is 18.8 Å². The zero-order valence-corrected chi connectivity index (χ0v) is 11.0. The normalized spacial score (nSPS) is 11.6. The summed E-state index contributed by atoms with van der Waals surface area (Å²) < 4.78 is 0. The SMILES string of the molecule is Cc1c(N)nc(C(C)(C)C)nc1NCCCO. The highest BCUT2D eigenvalue weighted by molar-refractivity contribution is 5.55. The molecule has 4 N–H and O–H groups in total. The van der Waals surface area contributed by atoms with Crippen molar-refractivity contribution in [3.05, 3.63) is 11.4 Å². The second-order valence-corrected chi connectivity index (χ2v) is 5.16. The number of rotatable bonds is 4. The average Bonchev–Trinajstić information content (AvgIpc) is 2.22. The lowest BCUT2D eigenvalue weighted by Gasteiger charge is -2.19. The van der Waals surface area contributed by atoms with Crippen LogP contribution in [0, 0.1) is 6.92 Å². The van der Waals surface area contributed by atoms with Crippen LogP contribution in [0.15, 0.2) is 0 Å². The van der Waals surface area contributed by atoms with Gasteiger partial charge in [-0.3, -0.25) is 0 Å². The number of nitrogens with two attached hydrogens (primary N) is 1. The van der Waals surface area contributed by atoms with E-state index in [1.807, 2.05) is 6.92 Å². The zero-order chi connectivity index (χ0) is 13.1. The van der Waals surface area contributed by atoms with Crippen LogP contribution in [0.2, 0.25) is 0 Å². The van der Waals surface area contributed by atoms with E-state index in [1.165, 1.54) is 0 Å². The van der Waals surface area contributed by atoms with E-state index < -0.39 is 0 Å². The summed E-state index contributed by atoms with van der Waals surface area (Å²) in [5.74, 6) is 2.00. The van der Waals surface area contributed by atoms with Crippen molar-refractivity contribution in [1.82, 2.24) is 9.97 Å². The molecule has 1 aromatic rings. The van der Waals surface area contributed by atoms with Crippen molar-refractivity contribution in [3.8, 4) is 0 Å². The van der Waals surface area contributed by atoms with Crippen LogP contribution < -0.4 is 11.1 Å². The van der Waals surface area contributed by atoms with E-state index in [1.54, 1.807) is 0 Å². The van der Waals surface area contributed by atoms with E-state index in [-0.39, 0.29) is 12.0 Å². The number of anilines is 2. The minimum Gasteiger partial charge on any atom is -0.396 e. The maximum atomic E-state index is 8.75. The minimum atomic E-state index is -0.130. The molecule has 96 valence electrons. The van der Waals surface area contributed by atoms with Crippen LogP contribution >= 0.6 is 0 Å². The van der Waals surface area contributed by atoms with Crippen LogP contribution in [0.1, 0.15) is 38.6 Å². The van der Waals surface area contributed by atoms with Crippen molar-refractivity contribution >= 4 is 11.6 Å². The van der Waals surface area contributed by atoms with Crippen molar-refractivity contribution < 1.29 is 5.11 Å². The Labute approximate surface area is 102 Å². The maximum Gasteiger partial charge on any atom is 0.138 e. The molecular formula is C12H22N4O. The Morgan fingerprint density at radius 1 is 1.29 bits per heavy atom. The number of nitrogen functional groups attached to an aromatic ring is 1. The quantitative estimate of drug-likeness (QED) is 0.692. The lowest BCUT2D eigenvalue weighted by molar-refractivity contribution is 0.292. The third-order valence-corrected chi connectivity index (χ3v) is 2.48. The van der Waals surface area contributed by atoms with E-state index in [4.69, 9.17) is 10.8 Å². The van der Waals surface area contributed by atoms with E-state index in [9.17, 15) is 0 Å². The van der Waals surface area contributed by atoms with E-state index in [2.05, 4.69) is 36.1 Å². The summed E-state index contributed by atoms with van der Waals surface area (Å²) in [4.78, 5) is 8.80. The van der Waals surface area contributed by atoms with Gasteiger partial charge in [-0.1, -0.05) is 20.8 Å². The highest BCUT2D eigenvalue weighted by Crippen LogP contribution is 2.24. The van der Waals surface area contributed by atoms with Gasteiger partial charge in [0, 0.05) is 24.1 Å². The molecule has 17 heavy (non-hydrogen) atoms. The molecule has 1 aromatic heterocycles. The summed E-state index contributed by atoms with van der Waals surface area (Å²) in [6.07, 6.45) is 0.689. The first kappa shape index (κ1) is 13.7. The Morgan fingerprint density at radius 2 is 1.94 bits per heavy atom. The Morgan fingerprint density at radius 3 is 2.47 bits per heavy atom.